The van der Waals surface area contributed by atoms with Crippen LogP contribution in [0.1, 0.15) is 30.3 Å². The van der Waals surface area contributed by atoms with E-state index in [1.165, 1.54) is 0 Å². The number of hydrogen-bond donors (Lipinski definition) is 3. The Labute approximate surface area is 83.1 Å². The summed E-state index contributed by atoms with van der Waals surface area (Å²) in [6.45, 7) is 5.57. The van der Waals surface area contributed by atoms with E-state index in [1.54, 1.807) is 6.92 Å². The standard InChI is InChI=1S/C10H16N2O2/c1-6-4-7(2)12-9(6)10(3,11)5-8(13)14/h4,12H,5,11H2,1-3H3,(H,13,14)/t10-/m0/s1. The van der Waals surface area contributed by atoms with Crippen LogP contribution < -0.4 is 5.73 Å². The molecule has 14 heavy (non-hydrogen) atoms. The molecular formula is C10H16N2O2. The van der Waals surface area contributed by atoms with E-state index in [0.717, 1.165) is 17.0 Å². The molecule has 0 saturated heterocycles. The average Bonchev–Trinajstić information content (AvgIpc) is 2.27. The lowest BCUT2D eigenvalue weighted by molar-refractivity contribution is -0.138. The summed E-state index contributed by atoms with van der Waals surface area (Å²) in [5.74, 6) is -0.887. The van der Waals surface area contributed by atoms with Gasteiger partial charge in [-0.1, -0.05) is 0 Å². The number of aryl methyl sites for hydroxylation is 2. The van der Waals surface area contributed by atoms with Gasteiger partial charge in [0.2, 0.25) is 0 Å². The van der Waals surface area contributed by atoms with Gasteiger partial charge < -0.3 is 15.8 Å². The zero-order chi connectivity index (χ0) is 10.9. The van der Waals surface area contributed by atoms with Crippen molar-refractivity contribution in [2.45, 2.75) is 32.7 Å². The molecule has 0 aromatic carbocycles. The molecule has 1 heterocycles. The monoisotopic (exact) mass is 196 g/mol. The van der Waals surface area contributed by atoms with Gasteiger partial charge >= 0.3 is 5.97 Å². The van der Waals surface area contributed by atoms with Crippen LogP contribution in [0, 0.1) is 13.8 Å². The minimum atomic E-state index is -0.887. The van der Waals surface area contributed by atoms with Gasteiger partial charge in [-0.2, -0.15) is 0 Å². The molecule has 0 unspecified atom stereocenters. The van der Waals surface area contributed by atoms with Crippen LogP contribution in [0.4, 0.5) is 0 Å². The largest absolute Gasteiger partial charge is 0.481 e. The summed E-state index contributed by atoms with van der Waals surface area (Å²) in [5.41, 5.74) is 7.92. The molecule has 0 saturated carbocycles. The molecule has 1 aromatic rings. The van der Waals surface area contributed by atoms with Crippen LogP contribution in [0.3, 0.4) is 0 Å². The highest BCUT2D eigenvalue weighted by molar-refractivity contribution is 5.68. The summed E-state index contributed by atoms with van der Waals surface area (Å²) < 4.78 is 0. The lowest BCUT2D eigenvalue weighted by atomic mass is 9.93. The molecule has 1 rings (SSSR count). The number of carboxylic acids is 1. The Kier molecular flexibility index (Phi) is 2.66. The quantitative estimate of drug-likeness (QED) is 0.681. The van der Waals surface area contributed by atoms with E-state index in [9.17, 15) is 4.79 Å². The minimum absolute atomic E-state index is 0.0756. The number of nitrogens with two attached hydrogens (primary N) is 1. The number of hydrogen-bond acceptors (Lipinski definition) is 2. The van der Waals surface area contributed by atoms with Crippen LogP contribution >= 0.6 is 0 Å². The Hall–Kier alpha value is -1.29. The van der Waals surface area contributed by atoms with Crippen LogP contribution in [0.5, 0.6) is 0 Å². The highest BCUT2D eigenvalue weighted by Gasteiger charge is 2.27. The molecule has 0 spiro atoms. The molecule has 0 aliphatic carbocycles. The highest BCUT2D eigenvalue weighted by Crippen LogP contribution is 2.24. The number of aromatic nitrogens is 1. The van der Waals surface area contributed by atoms with Crippen molar-refractivity contribution >= 4 is 5.97 Å². The number of carbonyl (C=O) groups is 1. The van der Waals surface area contributed by atoms with Crippen molar-refractivity contribution in [1.82, 2.24) is 4.98 Å². The van der Waals surface area contributed by atoms with Gasteiger partial charge in [0.05, 0.1) is 12.0 Å². The van der Waals surface area contributed by atoms with Crippen LogP contribution in [0.15, 0.2) is 6.07 Å². The molecule has 0 fully saturated rings. The Bertz CT molecular complexity index is 353. The summed E-state index contributed by atoms with van der Waals surface area (Å²) in [4.78, 5) is 13.7. The molecule has 0 radical (unpaired) electrons. The van der Waals surface area contributed by atoms with Gasteiger partial charge in [0.15, 0.2) is 0 Å². The molecular weight excluding hydrogens is 180 g/mol. The van der Waals surface area contributed by atoms with Crippen LogP contribution in [0.25, 0.3) is 0 Å². The fraction of sp³-hybridized carbons (Fsp3) is 0.500. The Morgan fingerprint density at radius 1 is 1.64 bits per heavy atom. The van der Waals surface area contributed by atoms with Crippen molar-refractivity contribution in [3.63, 3.8) is 0 Å². The number of rotatable bonds is 3. The third-order valence-corrected chi connectivity index (χ3v) is 2.24. The zero-order valence-corrected chi connectivity index (χ0v) is 8.72. The Balaban J connectivity index is 3.02. The first-order chi connectivity index (χ1) is 6.33. The Morgan fingerprint density at radius 2 is 2.21 bits per heavy atom. The molecule has 4 nitrogen and oxygen atoms in total. The number of nitrogens with one attached hydrogen (secondary N) is 1. The highest BCUT2D eigenvalue weighted by atomic mass is 16.4. The van der Waals surface area contributed by atoms with E-state index in [0.29, 0.717) is 0 Å². The van der Waals surface area contributed by atoms with Crippen LogP contribution in [-0.2, 0) is 10.3 Å². The summed E-state index contributed by atoms with van der Waals surface area (Å²) >= 11 is 0. The fourth-order valence-electron chi connectivity index (χ4n) is 1.72. The van der Waals surface area contributed by atoms with E-state index in [2.05, 4.69) is 4.98 Å². The van der Waals surface area contributed by atoms with Gasteiger partial charge in [-0.25, -0.2) is 0 Å². The summed E-state index contributed by atoms with van der Waals surface area (Å²) in [6, 6.07) is 1.96. The number of carboxylic acid groups (broad SMARTS) is 1. The third-order valence-electron chi connectivity index (χ3n) is 2.24. The first-order valence-electron chi connectivity index (χ1n) is 4.50. The first-order valence-corrected chi connectivity index (χ1v) is 4.50. The molecule has 1 aromatic heterocycles. The SMILES string of the molecule is Cc1cc(C)c([C@@](C)(N)CC(=O)O)[nH]1. The number of aromatic amines is 1. The minimum Gasteiger partial charge on any atom is -0.481 e. The lowest BCUT2D eigenvalue weighted by Crippen LogP contribution is -2.36. The predicted molar refractivity (Wildman–Crippen MR) is 54.1 cm³/mol. The second-order valence-electron chi connectivity index (χ2n) is 4.00. The van der Waals surface area contributed by atoms with E-state index in [1.807, 2.05) is 19.9 Å². The van der Waals surface area contributed by atoms with Crippen molar-refractivity contribution in [1.29, 1.82) is 0 Å². The van der Waals surface area contributed by atoms with Gasteiger partial charge in [-0.05, 0) is 32.4 Å². The third kappa shape index (κ3) is 2.14. The maximum Gasteiger partial charge on any atom is 0.305 e. The second kappa shape index (κ2) is 3.46. The number of aliphatic carboxylic acids is 1. The molecule has 1 atom stereocenters. The van der Waals surface area contributed by atoms with E-state index in [-0.39, 0.29) is 6.42 Å². The normalized spacial score (nSPS) is 15.1. The molecule has 0 amide bonds. The van der Waals surface area contributed by atoms with Crippen molar-refractivity contribution in [3.05, 3.63) is 23.0 Å². The fourth-order valence-corrected chi connectivity index (χ4v) is 1.72. The predicted octanol–water partition coefficient (Wildman–Crippen LogP) is 1.28. The number of H-pyrrole nitrogens is 1. The summed E-state index contributed by atoms with van der Waals surface area (Å²) in [6.07, 6.45) is -0.0756. The topological polar surface area (TPSA) is 79.1 Å². The lowest BCUT2D eigenvalue weighted by Gasteiger charge is -2.22. The molecule has 0 aliphatic heterocycles. The van der Waals surface area contributed by atoms with Gasteiger partial charge in [0.1, 0.15) is 0 Å². The Morgan fingerprint density at radius 3 is 2.57 bits per heavy atom. The average molecular weight is 196 g/mol. The molecule has 0 bridgehead atoms. The second-order valence-corrected chi connectivity index (χ2v) is 4.00. The molecule has 4 heteroatoms. The first kappa shape index (κ1) is 10.8. The molecule has 0 aliphatic rings. The van der Waals surface area contributed by atoms with Crippen LogP contribution in [-0.4, -0.2) is 16.1 Å². The smallest absolute Gasteiger partial charge is 0.305 e. The summed E-state index contributed by atoms with van der Waals surface area (Å²) in [5, 5.41) is 8.71. The van der Waals surface area contributed by atoms with Crippen molar-refractivity contribution < 1.29 is 9.90 Å². The van der Waals surface area contributed by atoms with E-state index in [4.69, 9.17) is 10.8 Å². The molecule has 78 valence electrons. The maximum absolute atomic E-state index is 10.6. The van der Waals surface area contributed by atoms with Gasteiger partial charge in [-0.15, -0.1) is 0 Å². The van der Waals surface area contributed by atoms with Crippen molar-refractivity contribution in [2.24, 2.45) is 5.73 Å². The summed E-state index contributed by atoms with van der Waals surface area (Å²) in [7, 11) is 0. The van der Waals surface area contributed by atoms with Crippen molar-refractivity contribution in [3.8, 4) is 0 Å². The van der Waals surface area contributed by atoms with Crippen molar-refractivity contribution in [2.75, 3.05) is 0 Å². The maximum atomic E-state index is 10.6. The van der Waals surface area contributed by atoms with Gasteiger partial charge in [0.25, 0.3) is 0 Å². The van der Waals surface area contributed by atoms with Gasteiger partial charge in [-0.3, -0.25) is 4.79 Å². The zero-order valence-electron chi connectivity index (χ0n) is 8.72. The van der Waals surface area contributed by atoms with Gasteiger partial charge in [0, 0.05) is 11.4 Å². The van der Waals surface area contributed by atoms with E-state index < -0.39 is 11.5 Å². The van der Waals surface area contributed by atoms with Crippen LogP contribution in [0.2, 0.25) is 0 Å². The van der Waals surface area contributed by atoms with E-state index >= 15 is 0 Å². The molecule has 4 N–H and O–H groups in total.